The predicted octanol–water partition coefficient (Wildman–Crippen LogP) is 4.26. The molecule has 1 aromatic heterocycles. The molecule has 4 heteroatoms. The SMILES string of the molecule is C=C[C@@H](C(C)C)C(O)Nc1nc2ccc(C)cc2n1C1CCC1. The van der Waals surface area contributed by atoms with Crippen LogP contribution < -0.4 is 5.32 Å². The quantitative estimate of drug-likeness (QED) is 0.619. The van der Waals surface area contributed by atoms with Crippen molar-refractivity contribution in [3.8, 4) is 0 Å². The van der Waals surface area contributed by atoms with E-state index >= 15 is 0 Å². The van der Waals surface area contributed by atoms with Crippen molar-refractivity contribution >= 4 is 17.0 Å². The zero-order chi connectivity index (χ0) is 16.6. The summed E-state index contributed by atoms with van der Waals surface area (Å²) in [6, 6.07) is 6.82. The number of rotatable bonds is 6. The molecular weight excluding hydrogens is 286 g/mol. The molecule has 4 nitrogen and oxygen atoms in total. The van der Waals surface area contributed by atoms with Gasteiger partial charge in [-0.25, -0.2) is 4.98 Å². The van der Waals surface area contributed by atoms with E-state index in [2.05, 4.69) is 55.4 Å². The summed E-state index contributed by atoms with van der Waals surface area (Å²) in [5, 5.41) is 13.8. The zero-order valence-electron chi connectivity index (χ0n) is 14.3. The van der Waals surface area contributed by atoms with Gasteiger partial charge in [-0.2, -0.15) is 0 Å². The third-order valence-electron chi connectivity index (χ3n) is 4.97. The van der Waals surface area contributed by atoms with Gasteiger partial charge < -0.3 is 15.0 Å². The van der Waals surface area contributed by atoms with Crippen LogP contribution in [-0.4, -0.2) is 20.9 Å². The van der Waals surface area contributed by atoms with Crippen LogP contribution in [0, 0.1) is 18.8 Å². The molecule has 2 aromatic rings. The fraction of sp³-hybridized carbons (Fsp3) is 0.526. The first-order chi connectivity index (χ1) is 11.0. The Hall–Kier alpha value is -1.81. The van der Waals surface area contributed by atoms with Crippen molar-refractivity contribution in [3.63, 3.8) is 0 Å². The standard InChI is InChI=1S/C19H27N3O/c1-5-15(12(2)3)18(23)21-19-20-16-10-9-13(4)11-17(16)22(19)14-7-6-8-14/h5,9-12,14-15,18,23H,1,6-8H2,2-4H3,(H,20,21)/t15-,18?/m0/s1. The highest BCUT2D eigenvalue weighted by Crippen LogP contribution is 2.37. The Kier molecular flexibility index (Phi) is 4.44. The molecule has 23 heavy (non-hydrogen) atoms. The van der Waals surface area contributed by atoms with E-state index in [0.29, 0.717) is 12.0 Å². The molecule has 1 aliphatic carbocycles. The highest BCUT2D eigenvalue weighted by atomic mass is 16.3. The van der Waals surface area contributed by atoms with Crippen molar-refractivity contribution in [1.29, 1.82) is 0 Å². The fourth-order valence-electron chi connectivity index (χ4n) is 3.31. The number of nitrogens with one attached hydrogen (secondary N) is 1. The third-order valence-corrected chi connectivity index (χ3v) is 4.97. The molecule has 1 aromatic carbocycles. The lowest BCUT2D eigenvalue weighted by atomic mass is 9.92. The molecule has 2 atom stereocenters. The van der Waals surface area contributed by atoms with Crippen molar-refractivity contribution in [1.82, 2.24) is 9.55 Å². The second-order valence-electron chi connectivity index (χ2n) is 7.03. The molecule has 0 spiro atoms. The van der Waals surface area contributed by atoms with Crippen LogP contribution in [0.15, 0.2) is 30.9 Å². The molecule has 0 bridgehead atoms. The second kappa shape index (κ2) is 6.36. The van der Waals surface area contributed by atoms with E-state index in [1.807, 2.05) is 6.08 Å². The number of imidazole rings is 1. The van der Waals surface area contributed by atoms with Crippen molar-refractivity contribution in [2.75, 3.05) is 5.32 Å². The number of fused-ring (bicyclic) bond motifs is 1. The van der Waals surface area contributed by atoms with Gasteiger partial charge in [-0.05, 0) is 49.8 Å². The summed E-state index contributed by atoms with van der Waals surface area (Å²) < 4.78 is 2.27. The number of nitrogens with zero attached hydrogens (tertiary/aromatic N) is 2. The molecule has 2 N–H and O–H groups in total. The number of aromatic nitrogens is 2. The van der Waals surface area contributed by atoms with Crippen LogP contribution in [0.1, 0.15) is 44.7 Å². The van der Waals surface area contributed by atoms with Crippen molar-refractivity contribution < 1.29 is 5.11 Å². The van der Waals surface area contributed by atoms with Crippen LogP contribution in [0.4, 0.5) is 5.95 Å². The number of aliphatic hydroxyl groups is 1. The minimum absolute atomic E-state index is 0.00797. The average molecular weight is 313 g/mol. The van der Waals surface area contributed by atoms with Gasteiger partial charge in [0.05, 0.1) is 11.0 Å². The topological polar surface area (TPSA) is 50.1 Å². The van der Waals surface area contributed by atoms with Crippen LogP contribution in [0.2, 0.25) is 0 Å². The number of hydrogen-bond donors (Lipinski definition) is 2. The monoisotopic (exact) mass is 313 g/mol. The molecule has 1 heterocycles. The lowest BCUT2D eigenvalue weighted by Gasteiger charge is -2.31. The maximum atomic E-state index is 10.6. The third kappa shape index (κ3) is 3.00. The van der Waals surface area contributed by atoms with Crippen molar-refractivity contribution in [2.45, 2.75) is 52.3 Å². The Morgan fingerprint density at radius 2 is 2.13 bits per heavy atom. The molecule has 1 aliphatic rings. The minimum Gasteiger partial charge on any atom is -0.373 e. The van der Waals surface area contributed by atoms with Gasteiger partial charge >= 0.3 is 0 Å². The summed E-state index contributed by atoms with van der Waals surface area (Å²) in [6.45, 7) is 10.1. The summed E-state index contributed by atoms with van der Waals surface area (Å²) in [6.07, 6.45) is 4.77. The zero-order valence-corrected chi connectivity index (χ0v) is 14.3. The normalized spacial score (nSPS) is 18.0. The number of aliphatic hydroxyl groups excluding tert-OH is 1. The van der Waals surface area contributed by atoms with Gasteiger partial charge in [-0.15, -0.1) is 6.58 Å². The Morgan fingerprint density at radius 1 is 1.39 bits per heavy atom. The van der Waals surface area contributed by atoms with Crippen LogP contribution in [0.25, 0.3) is 11.0 Å². The molecule has 0 radical (unpaired) electrons. The predicted molar refractivity (Wildman–Crippen MR) is 95.5 cm³/mol. The summed E-state index contributed by atoms with van der Waals surface area (Å²) in [4.78, 5) is 4.73. The van der Waals surface area contributed by atoms with Gasteiger partial charge in [-0.1, -0.05) is 26.0 Å². The van der Waals surface area contributed by atoms with Gasteiger partial charge in [0.15, 0.2) is 0 Å². The number of benzene rings is 1. The maximum absolute atomic E-state index is 10.6. The largest absolute Gasteiger partial charge is 0.373 e. The van der Waals surface area contributed by atoms with Crippen molar-refractivity contribution in [3.05, 3.63) is 36.4 Å². The Balaban J connectivity index is 1.97. The summed E-state index contributed by atoms with van der Waals surface area (Å²) in [7, 11) is 0. The van der Waals surface area contributed by atoms with Gasteiger partial charge in [0.25, 0.3) is 0 Å². The number of hydrogen-bond acceptors (Lipinski definition) is 3. The number of anilines is 1. The molecule has 0 saturated heterocycles. The molecule has 1 saturated carbocycles. The summed E-state index contributed by atoms with van der Waals surface area (Å²) in [5.41, 5.74) is 3.37. The van der Waals surface area contributed by atoms with Gasteiger partial charge in [0, 0.05) is 12.0 Å². The fourth-order valence-corrected chi connectivity index (χ4v) is 3.31. The van der Waals surface area contributed by atoms with E-state index in [4.69, 9.17) is 4.98 Å². The Bertz CT molecular complexity index is 700. The van der Waals surface area contributed by atoms with Crippen LogP contribution >= 0.6 is 0 Å². The van der Waals surface area contributed by atoms with Gasteiger partial charge in [0.1, 0.15) is 6.23 Å². The summed E-state index contributed by atoms with van der Waals surface area (Å²) >= 11 is 0. The van der Waals surface area contributed by atoms with E-state index in [9.17, 15) is 5.11 Å². The average Bonchev–Trinajstić information content (AvgIpc) is 2.75. The summed E-state index contributed by atoms with van der Waals surface area (Å²) in [5.74, 6) is 1.08. The van der Waals surface area contributed by atoms with Crippen LogP contribution in [0.3, 0.4) is 0 Å². The lowest BCUT2D eigenvalue weighted by molar-refractivity contribution is 0.131. The second-order valence-corrected chi connectivity index (χ2v) is 7.03. The first-order valence-electron chi connectivity index (χ1n) is 8.57. The van der Waals surface area contributed by atoms with Crippen molar-refractivity contribution in [2.24, 2.45) is 11.8 Å². The van der Waals surface area contributed by atoms with E-state index < -0.39 is 6.23 Å². The molecule has 3 rings (SSSR count). The molecule has 1 fully saturated rings. The van der Waals surface area contributed by atoms with E-state index in [0.717, 1.165) is 17.0 Å². The molecule has 0 amide bonds. The van der Waals surface area contributed by atoms with E-state index in [1.54, 1.807) is 0 Å². The minimum atomic E-state index is -0.677. The maximum Gasteiger partial charge on any atom is 0.206 e. The molecule has 0 aliphatic heterocycles. The Morgan fingerprint density at radius 3 is 2.70 bits per heavy atom. The van der Waals surface area contributed by atoms with E-state index in [1.165, 1.54) is 24.8 Å². The molecule has 1 unspecified atom stereocenters. The molecule has 124 valence electrons. The smallest absolute Gasteiger partial charge is 0.206 e. The van der Waals surface area contributed by atoms with Gasteiger partial charge in [-0.3, -0.25) is 0 Å². The van der Waals surface area contributed by atoms with Crippen LogP contribution in [0.5, 0.6) is 0 Å². The lowest BCUT2D eigenvalue weighted by Crippen LogP contribution is -2.32. The first-order valence-corrected chi connectivity index (χ1v) is 8.57. The highest BCUT2D eigenvalue weighted by Gasteiger charge is 2.27. The van der Waals surface area contributed by atoms with E-state index in [-0.39, 0.29) is 5.92 Å². The Labute approximate surface area is 138 Å². The van der Waals surface area contributed by atoms with Gasteiger partial charge in [0.2, 0.25) is 5.95 Å². The van der Waals surface area contributed by atoms with Crippen LogP contribution in [-0.2, 0) is 0 Å². The highest BCUT2D eigenvalue weighted by molar-refractivity contribution is 5.79. The number of aryl methyl sites for hydroxylation is 1. The molecular formula is C19H27N3O. The first kappa shape index (κ1) is 16.1.